The van der Waals surface area contributed by atoms with Gasteiger partial charge < -0.3 is 5.32 Å². The molecule has 0 aliphatic rings. The first kappa shape index (κ1) is 15.1. The van der Waals surface area contributed by atoms with Crippen molar-refractivity contribution >= 4 is 50.0 Å². The van der Waals surface area contributed by atoms with E-state index in [1.165, 1.54) is 19.1 Å². The van der Waals surface area contributed by atoms with E-state index in [0.717, 1.165) is 0 Å². The molecule has 0 saturated carbocycles. The Morgan fingerprint density at radius 3 is 2.50 bits per heavy atom. The molecule has 0 aromatic heterocycles. The van der Waals surface area contributed by atoms with Crippen LogP contribution in [0.15, 0.2) is 23.1 Å². The number of hydrogen-bond acceptors (Lipinski definition) is 4. The van der Waals surface area contributed by atoms with Crippen LogP contribution < -0.4 is 10.5 Å². The van der Waals surface area contributed by atoms with Gasteiger partial charge in [0.2, 0.25) is 15.9 Å². The van der Waals surface area contributed by atoms with Crippen LogP contribution >= 0.6 is 22.6 Å². The van der Waals surface area contributed by atoms with Gasteiger partial charge in [0.05, 0.1) is 12.1 Å². The highest BCUT2D eigenvalue weighted by atomic mass is 127. The van der Waals surface area contributed by atoms with Crippen molar-refractivity contribution in [3.05, 3.63) is 21.8 Å². The predicted molar refractivity (Wildman–Crippen MR) is 74.5 cm³/mol. The molecule has 0 aliphatic carbocycles. The second-order valence-corrected chi connectivity index (χ2v) is 6.39. The van der Waals surface area contributed by atoms with Crippen LogP contribution in [0.4, 0.5) is 5.69 Å². The lowest BCUT2D eigenvalue weighted by Crippen LogP contribution is -2.19. The summed E-state index contributed by atoms with van der Waals surface area (Å²) in [6, 6.07) is 4.40. The topological polar surface area (TPSA) is 106 Å². The molecule has 0 bridgehead atoms. The van der Waals surface area contributed by atoms with Crippen LogP contribution in [-0.4, -0.2) is 20.1 Å². The molecule has 98 valence electrons. The summed E-state index contributed by atoms with van der Waals surface area (Å²) in [6.45, 7) is 1.27. The molecular formula is C10H11IN2O4S. The molecule has 8 heteroatoms. The lowest BCUT2D eigenvalue weighted by Gasteiger charge is -2.09. The summed E-state index contributed by atoms with van der Waals surface area (Å²) in [6.07, 6.45) is -0.309. The Balaban J connectivity index is 3.10. The van der Waals surface area contributed by atoms with E-state index in [0.29, 0.717) is 3.57 Å². The molecule has 0 atom stereocenters. The van der Waals surface area contributed by atoms with E-state index < -0.39 is 15.9 Å². The zero-order chi connectivity index (χ0) is 13.9. The number of nitrogens with two attached hydrogens (primary N) is 1. The summed E-state index contributed by atoms with van der Waals surface area (Å²) in [7, 11) is -3.93. The van der Waals surface area contributed by atoms with Gasteiger partial charge in [-0.1, -0.05) is 0 Å². The van der Waals surface area contributed by atoms with Crippen molar-refractivity contribution in [1.82, 2.24) is 0 Å². The van der Waals surface area contributed by atoms with Crippen LogP contribution in [0.3, 0.4) is 0 Å². The van der Waals surface area contributed by atoms with Crippen molar-refractivity contribution < 1.29 is 18.0 Å². The number of nitrogens with one attached hydrogen (secondary N) is 1. The summed E-state index contributed by atoms with van der Waals surface area (Å²) < 4.78 is 23.4. The van der Waals surface area contributed by atoms with Gasteiger partial charge in [-0.25, -0.2) is 13.6 Å². The van der Waals surface area contributed by atoms with Crippen LogP contribution in [0.2, 0.25) is 0 Å². The predicted octanol–water partition coefficient (Wildman–Crippen LogP) is 0.856. The van der Waals surface area contributed by atoms with Gasteiger partial charge >= 0.3 is 0 Å². The van der Waals surface area contributed by atoms with Gasteiger partial charge in [0.25, 0.3) is 0 Å². The number of rotatable bonds is 4. The summed E-state index contributed by atoms with van der Waals surface area (Å²) in [4.78, 5) is 22.0. The summed E-state index contributed by atoms with van der Waals surface area (Å²) >= 11 is 1.93. The van der Waals surface area contributed by atoms with Crippen molar-refractivity contribution in [1.29, 1.82) is 0 Å². The van der Waals surface area contributed by atoms with Gasteiger partial charge in [-0.2, -0.15) is 0 Å². The Morgan fingerprint density at radius 1 is 1.39 bits per heavy atom. The summed E-state index contributed by atoms with van der Waals surface area (Å²) in [5.74, 6) is -0.885. The van der Waals surface area contributed by atoms with Gasteiger partial charge in [-0.05, 0) is 47.7 Å². The first-order valence-corrected chi connectivity index (χ1v) is 7.44. The van der Waals surface area contributed by atoms with E-state index in [1.54, 1.807) is 6.07 Å². The van der Waals surface area contributed by atoms with Gasteiger partial charge in [-0.15, -0.1) is 0 Å². The van der Waals surface area contributed by atoms with Crippen LogP contribution in [0.1, 0.15) is 13.3 Å². The zero-order valence-electron chi connectivity index (χ0n) is 9.44. The smallest absolute Gasteiger partial charge is 0.240 e. The molecule has 6 nitrogen and oxygen atoms in total. The molecule has 0 aliphatic heterocycles. The van der Waals surface area contributed by atoms with E-state index in [4.69, 9.17) is 5.14 Å². The van der Waals surface area contributed by atoms with Crippen molar-refractivity contribution in [3.8, 4) is 0 Å². The normalized spacial score (nSPS) is 11.1. The number of anilines is 1. The SMILES string of the molecule is CC(=O)CC(=O)Nc1ccc(I)cc1S(N)(=O)=O. The van der Waals surface area contributed by atoms with Crippen molar-refractivity contribution in [2.75, 3.05) is 5.32 Å². The maximum Gasteiger partial charge on any atom is 0.240 e. The molecule has 1 rings (SSSR count). The van der Waals surface area contributed by atoms with Crippen molar-refractivity contribution in [2.45, 2.75) is 18.2 Å². The number of Topliss-reactive ketones (excluding diaryl/α,β-unsaturated/α-hetero) is 1. The van der Waals surface area contributed by atoms with Gasteiger partial charge in [0.1, 0.15) is 10.7 Å². The van der Waals surface area contributed by atoms with Gasteiger partial charge in [0, 0.05) is 3.57 Å². The molecule has 18 heavy (non-hydrogen) atoms. The van der Waals surface area contributed by atoms with Crippen molar-refractivity contribution in [3.63, 3.8) is 0 Å². The third-order valence-electron chi connectivity index (χ3n) is 1.93. The molecule has 0 unspecified atom stereocenters. The number of sulfonamides is 1. The number of primary sulfonamides is 1. The summed E-state index contributed by atoms with van der Waals surface area (Å²) in [5, 5.41) is 7.41. The van der Waals surface area contributed by atoms with E-state index in [1.807, 2.05) is 22.6 Å². The third kappa shape index (κ3) is 4.35. The highest BCUT2D eigenvalue weighted by Crippen LogP contribution is 2.22. The van der Waals surface area contributed by atoms with Crippen molar-refractivity contribution in [2.24, 2.45) is 5.14 Å². The molecule has 0 heterocycles. The minimum absolute atomic E-state index is 0.0733. The monoisotopic (exact) mass is 382 g/mol. The largest absolute Gasteiger partial charge is 0.324 e. The van der Waals surface area contributed by atoms with Crippen LogP contribution in [0.25, 0.3) is 0 Å². The Labute approximate surface area is 118 Å². The number of carbonyl (C=O) groups excluding carboxylic acids is 2. The molecule has 1 aromatic rings. The lowest BCUT2D eigenvalue weighted by molar-refractivity contribution is -0.124. The van der Waals surface area contributed by atoms with Crippen LogP contribution in [-0.2, 0) is 19.6 Å². The highest BCUT2D eigenvalue weighted by Gasteiger charge is 2.16. The number of carbonyl (C=O) groups is 2. The number of benzene rings is 1. The van der Waals surface area contributed by atoms with E-state index >= 15 is 0 Å². The number of hydrogen-bond donors (Lipinski definition) is 2. The maximum atomic E-state index is 11.4. The highest BCUT2D eigenvalue weighted by molar-refractivity contribution is 14.1. The lowest BCUT2D eigenvalue weighted by atomic mass is 10.2. The molecule has 1 amide bonds. The van der Waals surface area contributed by atoms with E-state index in [2.05, 4.69) is 5.32 Å². The Morgan fingerprint density at radius 2 is 2.00 bits per heavy atom. The third-order valence-corrected chi connectivity index (χ3v) is 3.56. The average Bonchev–Trinajstić information content (AvgIpc) is 2.17. The van der Waals surface area contributed by atoms with Crippen LogP contribution in [0, 0.1) is 3.57 Å². The van der Waals surface area contributed by atoms with Gasteiger partial charge in [-0.3, -0.25) is 9.59 Å². The standard InChI is InChI=1S/C10H11IN2O4S/c1-6(14)4-10(15)13-8-3-2-7(11)5-9(8)18(12,16)17/h2-3,5H,4H2,1H3,(H,13,15)(H2,12,16,17). The Hall–Kier alpha value is -1.00. The average molecular weight is 382 g/mol. The number of halogens is 1. The molecule has 0 fully saturated rings. The Kier molecular flexibility index (Phi) is 4.82. The number of amides is 1. The molecule has 0 radical (unpaired) electrons. The minimum atomic E-state index is -3.93. The fraction of sp³-hybridized carbons (Fsp3) is 0.200. The second kappa shape index (κ2) is 5.76. The summed E-state index contributed by atoms with van der Waals surface area (Å²) in [5.41, 5.74) is 0.0733. The fourth-order valence-corrected chi connectivity index (χ4v) is 2.67. The zero-order valence-corrected chi connectivity index (χ0v) is 12.4. The number of ketones is 1. The Bertz CT molecular complexity index is 598. The molecule has 0 saturated heterocycles. The molecular weight excluding hydrogens is 371 g/mol. The molecule has 1 aromatic carbocycles. The fourth-order valence-electron chi connectivity index (χ4n) is 1.26. The van der Waals surface area contributed by atoms with E-state index in [9.17, 15) is 18.0 Å². The quantitative estimate of drug-likeness (QED) is 0.595. The molecule has 0 spiro atoms. The van der Waals surface area contributed by atoms with Crippen LogP contribution in [0.5, 0.6) is 0 Å². The first-order valence-electron chi connectivity index (χ1n) is 4.82. The van der Waals surface area contributed by atoms with E-state index in [-0.39, 0.29) is 22.8 Å². The molecule has 3 N–H and O–H groups in total. The maximum absolute atomic E-state index is 11.4. The minimum Gasteiger partial charge on any atom is -0.324 e. The second-order valence-electron chi connectivity index (χ2n) is 3.61. The van der Waals surface area contributed by atoms with Gasteiger partial charge in [0.15, 0.2) is 0 Å². The first-order chi connectivity index (χ1) is 8.20.